The number of hydrogen-bond donors (Lipinski definition) is 1. The van der Waals surface area contributed by atoms with Crippen LogP contribution in [0.1, 0.15) is 12.6 Å². The van der Waals surface area contributed by atoms with Gasteiger partial charge < -0.3 is 9.26 Å². The van der Waals surface area contributed by atoms with Gasteiger partial charge in [-0.1, -0.05) is 0 Å². The molecule has 0 radical (unpaired) electrons. The molecular formula is C15H11F4N2O7P. The number of ether oxygens (including phenoxy) is 1. The molecule has 2 aliphatic rings. The molecule has 1 unspecified atom stereocenters. The lowest BCUT2D eigenvalue weighted by molar-refractivity contribution is -0.0671. The van der Waals surface area contributed by atoms with E-state index in [9.17, 15) is 31.7 Å². The van der Waals surface area contributed by atoms with Crippen molar-refractivity contribution in [2.75, 3.05) is 6.61 Å². The number of phosphoric ester groups is 1. The second-order valence-corrected chi connectivity index (χ2v) is 7.73. The number of nitrogens with one attached hydrogen (secondary N) is 1. The van der Waals surface area contributed by atoms with Crippen molar-refractivity contribution < 1.29 is 40.4 Å². The predicted molar refractivity (Wildman–Crippen MR) is 85.2 cm³/mol. The van der Waals surface area contributed by atoms with Crippen LogP contribution in [0.15, 0.2) is 27.9 Å². The number of rotatable bonds is 3. The third-order valence-corrected chi connectivity index (χ3v) is 5.64. The minimum atomic E-state index is -4.52. The molecule has 0 saturated carbocycles. The number of H-pyrrole nitrogens is 1. The Balaban J connectivity index is 1.54. The van der Waals surface area contributed by atoms with E-state index in [2.05, 4.69) is 0 Å². The normalized spacial score (nSPS) is 28.9. The first-order chi connectivity index (χ1) is 13.6. The van der Waals surface area contributed by atoms with E-state index in [0.717, 1.165) is 4.57 Å². The van der Waals surface area contributed by atoms with Crippen LogP contribution in [0, 0.1) is 23.3 Å². The van der Waals surface area contributed by atoms with Gasteiger partial charge in [-0.2, -0.15) is 4.39 Å². The summed E-state index contributed by atoms with van der Waals surface area (Å²) in [6.07, 6.45) is -2.47. The number of phosphoric acid groups is 1. The highest BCUT2D eigenvalue weighted by Gasteiger charge is 2.49. The molecular weight excluding hydrogens is 427 g/mol. The summed E-state index contributed by atoms with van der Waals surface area (Å²) in [5.74, 6) is -6.49. The first-order valence-electron chi connectivity index (χ1n) is 8.09. The van der Waals surface area contributed by atoms with Crippen LogP contribution < -0.4 is 15.8 Å². The maximum Gasteiger partial charge on any atom is 0.530 e. The summed E-state index contributed by atoms with van der Waals surface area (Å²) in [5, 5.41) is 0. The van der Waals surface area contributed by atoms with Crippen LogP contribution in [0.2, 0.25) is 0 Å². The van der Waals surface area contributed by atoms with Crippen molar-refractivity contribution in [2.45, 2.75) is 24.9 Å². The summed E-state index contributed by atoms with van der Waals surface area (Å²) in [5.41, 5.74) is -2.15. The Hall–Kier alpha value is -2.47. The van der Waals surface area contributed by atoms with E-state index in [-0.39, 0.29) is 6.42 Å². The minimum Gasteiger partial charge on any atom is -0.398 e. The second-order valence-electron chi connectivity index (χ2n) is 6.19. The third kappa shape index (κ3) is 3.73. The van der Waals surface area contributed by atoms with E-state index < -0.39 is 73.1 Å². The molecule has 9 nitrogen and oxygen atoms in total. The van der Waals surface area contributed by atoms with Crippen LogP contribution in [0.25, 0.3) is 0 Å². The van der Waals surface area contributed by atoms with E-state index in [1.807, 2.05) is 0 Å². The van der Waals surface area contributed by atoms with E-state index >= 15 is 0 Å². The molecule has 3 heterocycles. The van der Waals surface area contributed by atoms with Crippen LogP contribution in [-0.2, 0) is 18.3 Å². The Labute approximate surface area is 158 Å². The van der Waals surface area contributed by atoms with Crippen LogP contribution in [0.5, 0.6) is 5.75 Å². The van der Waals surface area contributed by atoms with Gasteiger partial charge >= 0.3 is 13.5 Å². The van der Waals surface area contributed by atoms with Gasteiger partial charge in [0.1, 0.15) is 24.3 Å². The third-order valence-electron chi connectivity index (χ3n) is 4.24. The number of aromatic amines is 1. The summed E-state index contributed by atoms with van der Waals surface area (Å²) in [6, 6.07) is 0.645. The fourth-order valence-electron chi connectivity index (χ4n) is 2.94. The van der Waals surface area contributed by atoms with Gasteiger partial charge in [0.2, 0.25) is 11.6 Å². The van der Waals surface area contributed by atoms with Crippen LogP contribution in [-0.4, -0.2) is 28.4 Å². The topological polar surface area (TPSA) is 109 Å². The lowest BCUT2D eigenvalue weighted by Gasteiger charge is -2.29. The van der Waals surface area contributed by atoms with Crippen LogP contribution in [0.4, 0.5) is 17.6 Å². The Morgan fingerprint density at radius 2 is 1.79 bits per heavy atom. The molecule has 29 heavy (non-hydrogen) atoms. The molecule has 156 valence electrons. The van der Waals surface area contributed by atoms with Gasteiger partial charge in [-0.25, -0.2) is 22.5 Å². The molecule has 1 aromatic heterocycles. The quantitative estimate of drug-likeness (QED) is 0.577. The zero-order chi connectivity index (χ0) is 20.9. The highest BCUT2D eigenvalue weighted by Crippen LogP contribution is 2.56. The van der Waals surface area contributed by atoms with Crippen molar-refractivity contribution in [3.63, 3.8) is 0 Å². The number of benzene rings is 1. The lowest BCUT2D eigenvalue weighted by atomic mass is 10.2. The Morgan fingerprint density at radius 1 is 1.10 bits per heavy atom. The summed E-state index contributed by atoms with van der Waals surface area (Å²) in [6.45, 7) is -0.399. The standard InChI is InChI=1S/C15H11F4N2O7P/c16-6-1-7(17)13(8(18)2-6)28-29(24)25-5-11-10(27-29)3-12(26-11)21-4-9(19)14(22)20-15(21)23/h1-2,4,10-12H,3,5H2,(H,20,22,23)/t10-,11+,12+,29?/m0/s1. The van der Waals surface area contributed by atoms with Gasteiger partial charge in [0, 0.05) is 18.6 Å². The minimum absolute atomic E-state index is 0.138. The molecule has 0 amide bonds. The van der Waals surface area contributed by atoms with Crippen LogP contribution >= 0.6 is 7.82 Å². The highest BCUT2D eigenvalue weighted by atomic mass is 31.2. The van der Waals surface area contributed by atoms with Crippen molar-refractivity contribution in [2.24, 2.45) is 0 Å². The van der Waals surface area contributed by atoms with E-state index in [0.29, 0.717) is 18.3 Å². The molecule has 2 aliphatic heterocycles. The Bertz CT molecular complexity index is 1110. The molecule has 2 saturated heterocycles. The number of fused-ring (bicyclic) bond motifs is 1. The lowest BCUT2D eigenvalue weighted by Crippen LogP contribution is -2.34. The first-order valence-corrected chi connectivity index (χ1v) is 9.55. The maximum absolute atomic E-state index is 13.7. The van der Waals surface area contributed by atoms with Gasteiger partial charge in [0.15, 0.2) is 11.6 Å². The second kappa shape index (κ2) is 7.10. The van der Waals surface area contributed by atoms with Gasteiger partial charge in [-0.3, -0.25) is 23.4 Å². The van der Waals surface area contributed by atoms with Crippen molar-refractivity contribution in [1.82, 2.24) is 9.55 Å². The van der Waals surface area contributed by atoms with Gasteiger partial charge in [-0.15, -0.1) is 0 Å². The van der Waals surface area contributed by atoms with E-state index in [1.165, 1.54) is 0 Å². The molecule has 0 aliphatic carbocycles. The Morgan fingerprint density at radius 3 is 2.48 bits per heavy atom. The molecule has 1 aromatic carbocycles. The molecule has 2 aromatic rings. The zero-order valence-corrected chi connectivity index (χ0v) is 15.0. The van der Waals surface area contributed by atoms with Crippen molar-refractivity contribution in [3.05, 3.63) is 62.4 Å². The van der Waals surface area contributed by atoms with E-state index in [1.54, 1.807) is 4.98 Å². The average molecular weight is 438 g/mol. The van der Waals surface area contributed by atoms with E-state index in [4.69, 9.17) is 18.3 Å². The molecule has 2 fully saturated rings. The van der Waals surface area contributed by atoms with Crippen molar-refractivity contribution >= 4 is 7.82 Å². The molecule has 4 atom stereocenters. The Kier molecular flexibility index (Phi) is 4.85. The van der Waals surface area contributed by atoms with Gasteiger partial charge in [0.25, 0.3) is 5.56 Å². The summed E-state index contributed by atoms with van der Waals surface area (Å²) < 4.78 is 87.6. The fourth-order valence-corrected chi connectivity index (χ4v) is 4.38. The zero-order valence-electron chi connectivity index (χ0n) is 14.1. The van der Waals surface area contributed by atoms with Gasteiger partial charge in [-0.05, 0) is 0 Å². The predicted octanol–water partition coefficient (Wildman–Crippen LogP) is 1.98. The monoisotopic (exact) mass is 438 g/mol. The number of nitrogens with zero attached hydrogens (tertiary/aromatic N) is 1. The number of hydrogen-bond acceptors (Lipinski definition) is 7. The highest BCUT2D eigenvalue weighted by molar-refractivity contribution is 7.49. The van der Waals surface area contributed by atoms with Crippen molar-refractivity contribution in [3.8, 4) is 5.75 Å². The molecule has 0 spiro atoms. The smallest absolute Gasteiger partial charge is 0.398 e. The molecule has 0 bridgehead atoms. The molecule has 1 N–H and O–H groups in total. The molecule has 4 rings (SSSR count). The summed E-state index contributed by atoms with van der Waals surface area (Å²) >= 11 is 0. The van der Waals surface area contributed by atoms with Crippen molar-refractivity contribution in [1.29, 1.82) is 0 Å². The summed E-state index contributed by atoms with van der Waals surface area (Å²) in [4.78, 5) is 24.7. The molecule has 14 heteroatoms. The SMILES string of the molecule is O=c1[nH]c(=O)n([C@H]2C[C@@H]3OP(=O)(Oc4c(F)cc(F)cc4F)OC[C@H]3O2)cc1F. The summed E-state index contributed by atoms with van der Waals surface area (Å²) in [7, 11) is -4.52. The maximum atomic E-state index is 13.7. The average Bonchev–Trinajstić information content (AvgIpc) is 3.03. The van der Waals surface area contributed by atoms with Crippen LogP contribution in [0.3, 0.4) is 0 Å². The number of aromatic nitrogens is 2. The largest absolute Gasteiger partial charge is 0.530 e. The number of halogens is 4. The van der Waals surface area contributed by atoms with Gasteiger partial charge in [0.05, 0.1) is 12.8 Å². The fraction of sp³-hybridized carbons (Fsp3) is 0.333. The first kappa shape index (κ1) is 19.8.